The number of allylic oxidation sites excluding steroid dienone is 23. The van der Waals surface area contributed by atoms with Crippen LogP contribution in [0.3, 0.4) is 0 Å². The van der Waals surface area contributed by atoms with E-state index in [1.807, 2.05) is 18.2 Å². The molecule has 3 aromatic rings. The fourth-order valence-corrected chi connectivity index (χ4v) is 9.31. The molecule has 4 unspecified atom stereocenters. The molecule has 62 heavy (non-hydrogen) atoms. The SMILES string of the molecule is C#C/C(=C\C=C(/C)C1=NC(/C2=C/C=CC(C)(C3=CCC=CC=C3)/C=C\C2)=CC(/C=C/C=CC(/C=C\C)n2c(C)c(C)c3c2C(C)N(c2ccccc2)CC3)CC1)c1ccccc1. The van der Waals surface area contributed by atoms with Gasteiger partial charge in [0.2, 0.25) is 0 Å². The molecule has 3 heteroatoms. The molecule has 0 saturated heterocycles. The first kappa shape index (κ1) is 43.7. The van der Waals surface area contributed by atoms with Crippen LogP contribution in [0.5, 0.6) is 0 Å². The Morgan fingerprint density at radius 2 is 1.73 bits per heavy atom. The molecule has 0 amide bonds. The van der Waals surface area contributed by atoms with Crippen LogP contribution < -0.4 is 4.90 Å². The zero-order chi connectivity index (χ0) is 43.5. The standard InChI is InChI=1S/C59H63N3/c1-8-24-54(62-46(5)45(4)55-39-42-61(47(6)58(55)62)53-32-18-13-19-33-53)34-21-20-25-48-36-38-56(44(3)35-37-49(9-2)50-26-14-12-15-27-50)60-57(43-48)51-28-22-40-59(7,41-23-29-51)52-30-16-10-11-17-31-52/h2,8,10-16,18-28,30-35,37,40-41,43,47-48,54H,17,29,36,38-39,42H2,1,3-7H3/b24-8-,25-20+,34-21?,40-22?,41-23-,44-35+,49-37+,51-28+. The zero-order valence-corrected chi connectivity index (χ0v) is 37.6. The van der Waals surface area contributed by atoms with Crippen LogP contribution in [0.15, 0.2) is 204 Å². The van der Waals surface area contributed by atoms with Gasteiger partial charge in [-0.1, -0.05) is 164 Å². The molecular weight excluding hydrogens is 751 g/mol. The van der Waals surface area contributed by atoms with Crippen LogP contribution >= 0.6 is 0 Å². The average molecular weight is 814 g/mol. The van der Waals surface area contributed by atoms with Gasteiger partial charge in [0, 0.05) is 40.3 Å². The quantitative estimate of drug-likeness (QED) is 0.107. The van der Waals surface area contributed by atoms with Crippen molar-refractivity contribution in [3.63, 3.8) is 0 Å². The summed E-state index contributed by atoms with van der Waals surface area (Å²) in [6, 6.07) is 21.4. The Balaban J connectivity index is 1.18. The van der Waals surface area contributed by atoms with Gasteiger partial charge in [-0.2, -0.15) is 0 Å². The zero-order valence-electron chi connectivity index (χ0n) is 37.6. The van der Waals surface area contributed by atoms with Gasteiger partial charge in [0.1, 0.15) is 0 Å². The van der Waals surface area contributed by atoms with E-state index in [1.165, 1.54) is 39.3 Å². The molecule has 2 aliphatic heterocycles. The van der Waals surface area contributed by atoms with Gasteiger partial charge in [0.05, 0.1) is 17.8 Å². The van der Waals surface area contributed by atoms with Gasteiger partial charge in [0.15, 0.2) is 0 Å². The van der Waals surface area contributed by atoms with Crippen molar-refractivity contribution in [2.24, 2.45) is 16.3 Å². The molecule has 4 atom stereocenters. The molecule has 4 aliphatic rings. The summed E-state index contributed by atoms with van der Waals surface area (Å²) in [7, 11) is 0. The topological polar surface area (TPSA) is 20.5 Å². The predicted octanol–water partition coefficient (Wildman–Crippen LogP) is 14.7. The number of para-hydroxylation sites is 1. The summed E-state index contributed by atoms with van der Waals surface area (Å²) in [4.78, 5) is 8.00. The molecule has 314 valence electrons. The molecule has 2 aromatic carbocycles. The Morgan fingerprint density at radius 3 is 2.50 bits per heavy atom. The molecule has 2 aliphatic carbocycles. The van der Waals surface area contributed by atoms with Crippen LogP contribution in [0.1, 0.15) is 93.5 Å². The maximum absolute atomic E-state index is 5.99. The predicted molar refractivity (Wildman–Crippen MR) is 267 cm³/mol. The number of hydrogen-bond acceptors (Lipinski definition) is 2. The summed E-state index contributed by atoms with van der Waals surface area (Å²) in [5.74, 6) is 3.11. The van der Waals surface area contributed by atoms with Gasteiger partial charge >= 0.3 is 0 Å². The third-order valence-electron chi connectivity index (χ3n) is 13.0. The van der Waals surface area contributed by atoms with Crippen molar-refractivity contribution in [2.45, 2.75) is 85.7 Å². The first-order chi connectivity index (χ1) is 30.2. The van der Waals surface area contributed by atoms with Gasteiger partial charge in [0.25, 0.3) is 0 Å². The van der Waals surface area contributed by atoms with E-state index < -0.39 is 0 Å². The van der Waals surface area contributed by atoms with Crippen LogP contribution in [0.2, 0.25) is 0 Å². The van der Waals surface area contributed by atoms with Gasteiger partial charge in [-0.25, -0.2) is 0 Å². The number of benzene rings is 2. The van der Waals surface area contributed by atoms with Crippen molar-refractivity contribution in [1.82, 2.24) is 4.57 Å². The molecule has 0 fully saturated rings. The number of hydrogen-bond donors (Lipinski definition) is 0. The maximum atomic E-state index is 5.99. The molecule has 0 radical (unpaired) electrons. The van der Waals surface area contributed by atoms with E-state index in [0.29, 0.717) is 0 Å². The number of rotatable bonds is 11. The van der Waals surface area contributed by atoms with E-state index in [-0.39, 0.29) is 23.4 Å². The average Bonchev–Trinajstić information content (AvgIpc) is 3.55. The second-order valence-electron chi connectivity index (χ2n) is 17.1. The van der Waals surface area contributed by atoms with Crippen LogP contribution in [-0.4, -0.2) is 16.8 Å². The largest absolute Gasteiger partial charge is 0.363 e. The Bertz CT molecular complexity index is 2540. The molecule has 1 aromatic heterocycles. The minimum absolute atomic E-state index is 0.106. The Labute approximate surface area is 372 Å². The lowest BCUT2D eigenvalue weighted by molar-refractivity contribution is 0.552. The summed E-state index contributed by atoms with van der Waals surface area (Å²) in [5.41, 5.74) is 14.5. The van der Waals surface area contributed by atoms with Gasteiger partial charge in [-0.3, -0.25) is 4.99 Å². The number of anilines is 1. The van der Waals surface area contributed by atoms with E-state index in [0.717, 1.165) is 66.8 Å². The smallest absolute Gasteiger partial charge is 0.0703 e. The molecule has 3 nitrogen and oxygen atoms in total. The van der Waals surface area contributed by atoms with Gasteiger partial charge in [-0.15, -0.1) is 6.42 Å². The highest BCUT2D eigenvalue weighted by Gasteiger charge is 2.32. The van der Waals surface area contributed by atoms with Crippen molar-refractivity contribution in [3.8, 4) is 12.3 Å². The van der Waals surface area contributed by atoms with E-state index >= 15 is 0 Å². The summed E-state index contributed by atoms with van der Waals surface area (Å²) in [6.07, 6.45) is 53.5. The first-order valence-corrected chi connectivity index (χ1v) is 22.5. The van der Waals surface area contributed by atoms with Crippen molar-refractivity contribution >= 4 is 17.0 Å². The third-order valence-corrected chi connectivity index (χ3v) is 13.0. The number of fused-ring (bicyclic) bond motifs is 1. The van der Waals surface area contributed by atoms with Crippen molar-refractivity contribution < 1.29 is 0 Å². The highest BCUT2D eigenvalue weighted by Crippen LogP contribution is 2.40. The van der Waals surface area contributed by atoms with Crippen LogP contribution in [0, 0.1) is 37.5 Å². The van der Waals surface area contributed by atoms with Crippen molar-refractivity contribution in [2.75, 3.05) is 11.4 Å². The second-order valence-corrected chi connectivity index (χ2v) is 17.1. The second kappa shape index (κ2) is 20.5. The van der Waals surface area contributed by atoms with E-state index in [1.54, 1.807) is 0 Å². The summed E-state index contributed by atoms with van der Waals surface area (Å²) in [5, 5.41) is 0. The molecule has 0 bridgehead atoms. The highest BCUT2D eigenvalue weighted by atomic mass is 15.2. The summed E-state index contributed by atoms with van der Waals surface area (Å²) in [6.45, 7) is 14.6. The van der Waals surface area contributed by atoms with E-state index in [4.69, 9.17) is 11.4 Å². The lowest BCUT2D eigenvalue weighted by Gasteiger charge is -2.37. The van der Waals surface area contributed by atoms with Crippen LogP contribution in [-0.2, 0) is 6.42 Å². The maximum Gasteiger partial charge on any atom is 0.0703 e. The molecule has 3 heterocycles. The van der Waals surface area contributed by atoms with Crippen molar-refractivity contribution in [3.05, 3.63) is 227 Å². The van der Waals surface area contributed by atoms with Gasteiger partial charge < -0.3 is 9.47 Å². The van der Waals surface area contributed by atoms with Crippen LogP contribution in [0.4, 0.5) is 5.69 Å². The normalized spacial score (nSPS) is 24.0. The first-order valence-electron chi connectivity index (χ1n) is 22.5. The number of aromatic nitrogens is 1. The summed E-state index contributed by atoms with van der Waals surface area (Å²) >= 11 is 0. The fourth-order valence-electron chi connectivity index (χ4n) is 9.31. The Hall–Kier alpha value is -6.37. The molecule has 7 rings (SSSR count). The molecule has 0 spiro atoms. The highest BCUT2D eigenvalue weighted by molar-refractivity contribution is 6.01. The minimum Gasteiger partial charge on any atom is -0.363 e. The Kier molecular flexibility index (Phi) is 14.4. The lowest BCUT2D eigenvalue weighted by atomic mass is 9.79. The summed E-state index contributed by atoms with van der Waals surface area (Å²) < 4.78 is 2.58. The molecular formula is C59H63N3. The number of nitrogens with zero attached hydrogens (tertiary/aromatic N) is 3. The van der Waals surface area contributed by atoms with E-state index in [2.05, 4.69) is 215 Å². The Morgan fingerprint density at radius 1 is 0.935 bits per heavy atom. The van der Waals surface area contributed by atoms with E-state index in [9.17, 15) is 0 Å². The fraction of sp³-hybridized carbons (Fsp3) is 0.271. The van der Waals surface area contributed by atoms with Crippen molar-refractivity contribution in [1.29, 1.82) is 0 Å². The molecule has 0 saturated carbocycles. The third kappa shape index (κ3) is 10.0. The molecule has 0 N–H and O–H groups in total. The monoisotopic (exact) mass is 814 g/mol. The minimum atomic E-state index is -0.172. The number of aliphatic imine (C=N–C) groups is 1. The van der Waals surface area contributed by atoms with Gasteiger partial charge in [-0.05, 0) is 131 Å². The van der Waals surface area contributed by atoms with Crippen LogP contribution in [0.25, 0.3) is 5.57 Å². The lowest BCUT2D eigenvalue weighted by Crippen LogP contribution is -2.35. The number of terminal acetylenes is 1.